The molecule has 0 unspecified atom stereocenters. The minimum absolute atomic E-state index is 0.0308. The number of rotatable bonds is 10. The van der Waals surface area contributed by atoms with Gasteiger partial charge >= 0.3 is 5.97 Å². The molecule has 1 amide bonds. The van der Waals surface area contributed by atoms with Crippen LogP contribution >= 0.6 is 0 Å². The first-order chi connectivity index (χ1) is 14.7. The first kappa shape index (κ1) is 25.1. The number of methoxy groups -OCH3 is 1. The van der Waals surface area contributed by atoms with E-state index in [-0.39, 0.29) is 23.3 Å². The SMILES string of the molecule is COC(=O)CCCc1ccc([N+](=O)[O-])cn1.NC(=O)CCCc1ccc([N+](=O)[O-])cn1. The maximum atomic E-state index is 10.8. The van der Waals surface area contributed by atoms with E-state index in [0.717, 1.165) is 11.4 Å². The van der Waals surface area contributed by atoms with E-state index in [1.54, 1.807) is 12.1 Å². The molecule has 166 valence electrons. The van der Waals surface area contributed by atoms with Gasteiger partial charge in [-0.1, -0.05) is 0 Å². The Morgan fingerprint density at radius 2 is 1.35 bits per heavy atom. The quantitative estimate of drug-likeness (QED) is 0.334. The van der Waals surface area contributed by atoms with Crippen LogP contribution in [0.4, 0.5) is 11.4 Å². The van der Waals surface area contributed by atoms with Crippen LogP contribution < -0.4 is 5.73 Å². The van der Waals surface area contributed by atoms with Gasteiger partial charge in [0.1, 0.15) is 12.4 Å². The summed E-state index contributed by atoms with van der Waals surface area (Å²) in [5.74, 6) is -0.612. The fourth-order valence-electron chi connectivity index (χ4n) is 2.30. The summed E-state index contributed by atoms with van der Waals surface area (Å²) < 4.78 is 4.49. The van der Waals surface area contributed by atoms with E-state index >= 15 is 0 Å². The largest absolute Gasteiger partial charge is 0.469 e. The van der Waals surface area contributed by atoms with Crippen molar-refractivity contribution in [3.63, 3.8) is 0 Å². The summed E-state index contributed by atoms with van der Waals surface area (Å²) in [6, 6.07) is 5.97. The van der Waals surface area contributed by atoms with Gasteiger partial charge in [-0.25, -0.2) is 0 Å². The number of hydrogen-bond acceptors (Lipinski definition) is 9. The Morgan fingerprint density at radius 3 is 1.68 bits per heavy atom. The van der Waals surface area contributed by atoms with Gasteiger partial charge in [0.15, 0.2) is 0 Å². The molecule has 12 heteroatoms. The molecule has 31 heavy (non-hydrogen) atoms. The van der Waals surface area contributed by atoms with Crippen molar-refractivity contribution >= 4 is 23.3 Å². The van der Waals surface area contributed by atoms with E-state index in [4.69, 9.17) is 5.73 Å². The molecule has 0 saturated carbocycles. The van der Waals surface area contributed by atoms with Gasteiger partial charge in [-0.15, -0.1) is 0 Å². The Bertz CT molecular complexity index is 886. The second kappa shape index (κ2) is 13.3. The number of amides is 1. The minimum atomic E-state index is -0.500. The molecule has 2 rings (SSSR count). The van der Waals surface area contributed by atoms with Crippen LogP contribution in [0.3, 0.4) is 0 Å². The van der Waals surface area contributed by atoms with Crippen molar-refractivity contribution in [2.24, 2.45) is 5.73 Å². The van der Waals surface area contributed by atoms with E-state index in [0.29, 0.717) is 38.5 Å². The lowest BCUT2D eigenvalue weighted by molar-refractivity contribution is -0.385. The smallest absolute Gasteiger partial charge is 0.305 e. The highest BCUT2D eigenvalue weighted by Gasteiger charge is 2.07. The number of aryl methyl sites for hydroxylation is 2. The molecule has 12 nitrogen and oxygen atoms in total. The Hall–Kier alpha value is -3.96. The highest BCUT2D eigenvalue weighted by molar-refractivity contribution is 5.73. The van der Waals surface area contributed by atoms with Crippen LogP contribution in [0, 0.1) is 20.2 Å². The van der Waals surface area contributed by atoms with Crippen LogP contribution in [-0.2, 0) is 27.2 Å². The van der Waals surface area contributed by atoms with Gasteiger partial charge < -0.3 is 10.5 Å². The fourth-order valence-corrected chi connectivity index (χ4v) is 2.30. The molecule has 0 spiro atoms. The number of nitrogens with two attached hydrogens (primary N) is 1. The number of nitrogens with zero attached hydrogens (tertiary/aromatic N) is 4. The summed E-state index contributed by atoms with van der Waals surface area (Å²) in [5, 5.41) is 20.7. The Balaban J connectivity index is 0.000000311. The van der Waals surface area contributed by atoms with Crippen LogP contribution in [0.5, 0.6) is 0 Å². The molecule has 0 aliphatic heterocycles. The van der Waals surface area contributed by atoms with E-state index in [9.17, 15) is 29.8 Å². The van der Waals surface area contributed by atoms with E-state index in [2.05, 4.69) is 14.7 Å². The molecule has 2 heterocycles. The zero-order chi connectivity index (χ0) is 23.2. The van der Waals surface area contributed by atoms with Gasteiger partial charge in [0.25, 0.3) is 11.4 Å². The van der Waals surface area contributed by atoms with Crippen LogP contribution in [0.15, 0.2) is 36.7 Å². The number of pyridine rings is 2. The van der Waals surface area contributed by atoms with Gasteiger partial charge in [0.05, 0.1) is 17.0 Å². The van der Waals surface area contributed by atoms with Gasteiger partial charge in [0, 0.05) is 36.4 Å². The lowest BCUT2D eigenvalue weighted by Gasteiger charge is -1.99. The number of hydrogen-bond donors (Lipinski definition) is 1. The van der Waals surface area contributed by atoms with E-state index in [1.807, 2.05) is 0 Å². The van der Waals surface area contributed by atoms with Crippen LogP contribution in [0.25, 0.3) is 0 Å². The third-order valence-corrected chi connectivity index (χ3v) is 3.94. The first-order valence-corrected chi connectivity index (χ1v) is 9.26. The third-order valence-electron chi connectivity index (χ3n) is 3.94. The zero-order valence-electron chi connectivity index (χ0n) is 16.9. The maximum Gasteiger partial charge on any atom is 0.305 e. The van der Waals surface area contributed by atoms with E-state index in [1.165, 1.54) is 31.6 Å². The lowest BCUT2D eigenvalue weighted by Crippen LogP contribution is -2.10. The molecule has 0 aromatic carbocycles. The second-order valence-corrected chi connectivity index (χ2v) is 6.28. The van der Waals surface area contributed by atoms with Gasteiger partial charge in [-0.3, -0.25) is 39.8 Å². The van der Waals surface area contributed by atoms with Crippen molar-refractivity contribution in [1.82, 2.24) is 9.97 Å². The topological polar surface area (TPSA) is 181 Å². The van der Waals surface area contributed by atoms with Crippen molar-refractivity contribution in [1.29, 1.82) is 0 Å². The number of esters is 1. The average molecular weight is 433 g/mol. The molecule has 0 atom stereocenters. The van der Waals surface area contributed by atoms with Crippen molar-refractivity contribution < 1.29 is 24.2 Å². The molecule has 2 aromatic heterocycles. The fraction of sp³-hybridized carbons (Fsp3) is 0.368. The molecular weight excluding hydrogens is 410 g/mol. The first-order valence-electron chi connectivity index (χ1n) is 9.26. The summed E-state index contributed by atoms with van der Waals surface area (Å²) in [6.45, 7) is 0. The standard InChI is InChI=1S/C10H12N2O4.C9H11N3O3/c1-16-10(13)4-2-3-8-5-6-9(7-11-8)12(14)15;10-9(13)3-1-2-7-4-5-8(6-11-7)12(14)15/h5-7H,2-4H2,1H3;4-6H,1-3H2,(H2,10,13). The molecule has 0 radical (unpaired) electrons. The summed E-state index contributed by atoms with van der Waals surface area (Å²) >= 11 is 0. The molecule has 2 aromatic rings. The zero-order valence-corrected chi connectivity index (χ0v) is 16.9. The van der Waals surface area contributed by atoms with Crippen LogP contribution in [-0.4, -0.2) is 38.8 Å². The Kier molecular flexibility index (Phi) is 10.8. The number of aromatic nitrogens is 2. The maximum absolute atomic E-state index is 10.8. The van der Waals surface area contributed by atoms with Crippen molar-refractivity contribution in [2.75, 3.05) is 7.11 Å². The number of primary amides is 1. The van der Waals surface area contributed by atoms with Crippen molar-refractivity contribution in [2.45, 2.75) is 38.5 Å². The van der Waals surface area contributed by atoms with Crippen molar-refractivity contribution in [3.05, 3.63) is 68.3 Å². The molecule has 2 N–H and O–H groups in total. The third kappa shape index (κ3) is 10.4. The molecule has 0 fully saturated rings. The number of nitro groups is 2. The Morgan fingerprint density at radius 1 is 0.903 bits per heavy atom. The molecule has 0 bridgehead atoms. The van der Waals surface area contributed by atoms with E-state index < -0.39 is 9.85 Å². The summed E-state index contributed by atoms with van der Waals surface area (Å²) in [6.07, 6.45) is 5.49. The Labute approximate surface area is 177 Å². The second-order valence-electron chi connectivity index (χ2n) is 6.28. The lowest BCUT2D eigenvalue weighted by atomic mass is 10.2. The number of carbonyl (C=O) groups excluding carboxylic acids is 2. The highest BCUT2D eigenvalue weighted by atomic mass is 16.6. The van der Waals surface area contributed by atoms with Gasteiger partial charge in [-0.05, 0) is 37.8 Å². The summed E-state index contributed by atoms with van der Waals surface area (Å²) in [4.78, 5) is 48.8. The van der Waals surface area contributed by atoms with Crippen molar-refractivity contribution in [3.8, 4) is 0 Å². The number of ether oxygens (including phenoxy) is 1. The predicted octanol–water partition coefficient (Wildman–Crippen LogP) is 2.28. The predicted molar refractivity (Wildman–Crippen MR) is 109 cm³/mol. The molecular formula is C19H23N5O7. The minimum Gasteiger partial charge on any atom is -0.469 e. The monoisotopic (exact) mass is 433 g/mol. The molecule has 0 saturated heterocycles. The molecule has 0 aliphatic carbocycles. The highest BCUT2D eigenvalue weighted by Crippen LogP contribution is 2.11. The normalized spacial score (nSPS) is 9.84. The molecule has 0 aliphatic rings. The summed E-state index contributed by atoms with van der Waals surface area (Å²) in [5.41, 5.74) is 6.36. The van der Waals surface area contributed by atoms with Crippen LogP contribution in [0.2, 0.25) is 0 Å². The van der Waals surface area contributed by atoms with Gasteiger partial charge in [-0.2, -0.15) is 0 Å². The summed E-state index contributed by atoms with van der Waals surface area (Å²) in [7, 11) is 1.34. The van der Waals surface area contributed by atoms with Gasteiger partial charge in [0.2, 0.25) is 5.91 Å². The number of carbonyl (C=O) groups is 2. The average Bonchev–Trinajstić information content (AvgIpc) is 2.74. The van der Waals surface area contributed by atoms with Crippen LogP contribution in [0.1, 0.15) is 37.1 Å².